The molecule has 0 aliphatic carbocycles. The first-order chi connectivity index (χ1) is 6.91. The Kier molecular flexibility index (Phi) is 6.70. The van der Waals surface area contributed by atoms with Gasteiger partial charge in [-0.3, -0.25) is 9.59 Å². The summed E-state index contributed by atoms with van der Waals surface area (Å²) in [5, 5.41) is 8.35. The van der Waals surface area contributed by atoms with Crippen molar-refractivity contribution in [2.75, 3.05) is 0 Å². The molecule has 0 aromatic rings. The molecule has 0 radical (unpaired) electrons. The fourth-order valence-corrected chi connectivity index (χ4v) is 1.04. The Hall–Kier alpha value is -1.10. The van der Waals surface area contributed by atoms with Gasteiger partial charge in [-0.1, -0.05) is 0 Å². The highest BCUT2D eigenvalue weighted by atomic mass is 16.7. The van der Waals surface area contributed by atoms with E-state index >= 15 is 0 Å². The summed E-state index contributed by atoms with van der Waals surface area (Å²) >= 11 is 0. The van der Waals surface area contributed by atoms with E-state index in [0.29, 0.717) is 6.42 Å². The largest absolute Gasteiger partial charge is 0.481 e. The van der Waals surface area contributed by atoms with E-state index in [1.807, 2.05) is 13.8 Å². The van der Waals surface area contributed by atoms with Gasteiger partial charge in [0, 0.05) is 12.8 Å². The van der Waals surface area contributed by atoms with Gasteiger partial charge in [0.15, 0.2) is 6.29 Å². The van der Waals surface area contributed by atoms with Crippen molar-refractivity contribution >= 4 is 11.9 Å². The van der Waals surface area contributed by atoms with Gasteiger partial charge in [-0.05, 0) is 27.2 Å². The molecule has 1 atom stereocenters. The third-order valence-electron chi connectivity index (χ3n) is 1.53. The van der Waals surface area contributed by atoms with Crippen LogP contribution in [0.1, 0.15) is 40.0 Å². The van der Waals surface area contributed by atoms with E-state index in [2.05, 4.69) is 0 Å². The van der Waals surface area contributed by atoms with Gasteiger partial charge in [0.25, 0.3) is 0 Å². The van der Waals surface area contributed by atoms with E-state index < -0.39 is 18.2 Å². The Morgan fingerprint density at radius 1 is 1.20 bits per heavy atom. The second-order valence-electron chi connectivity index (χ2n) is 3.49. The maximum absolute atomic E-state index is 11.1. The van der Waals surface area contributed by atoms with Crippen LogP contribution in [-0.4, -0.2) is 29.4 Å². The average Bonchev–Trinajstić information content (AvgIpc) is 2.00. The van der Waals surface area contributed by atoms with E-state index in [4.69, 9.17) is 14.6 Å². The lowest BCUT2D eigenvalue weighted by atomic mass is 10.2. The predicted molar refractivity (Wildman–Crippen MR) is 53.3 cm³/mol. The van der Waals surface area contributed by atoms with Gasteiger partial charge in [-0.25, -0.2) is 0 Å². The summed E-state index contributed by atoms with van der Waals surface area (Å²) < 4.78 is 10.1. The Morgan fingerprint density at radius 2 is 1.80 bits per heavy atom. The van der Waals surface area contributed by atoms with Crippen molar-refractivity contribution in [1.82, 2.24) is 0 Å². The summed E-state index contributed by atoms with van der Waals surface area (Å²) in [5.74, 6) is -1.33. The number of hydrogen-bond donors (Lipinski definition) is 1. The summed E-state index contributed by atoms with van der Waals surface area (Å²) in [7, 11) is 0. The van der Waals surface area contributed by atoms with Crippen LogP contribution in [0.4, 0.5) is 0 Å². The van der Waals surface area contributed by atoms with Crippen molar-refractivity contribution in [2.45, 2.75) is 52.4 Å². The van der Waals surface area contributed by atoms with Crippen LogP contribution in [0.25, 0.3) is 0 Å². The summed E-state index contributed by atoms with van der Waals surface area (Å²) in [5.41, 5.74) is 0. The first-order valence-corrected chi connectivity index (χ1v) is 4.98. The molecular weight excluding hydrogens is 200 g/mol. The highest BCUT2D eigenvalue weighted by Crippen LogP contribution is 2.03. The van der Waals surface area contributed by atoms with Crippen molar-refractivity contribution in [3.8, 4) is 0 Å². The van der Waals surface area contributed by atoms with Crippen LogP contribution in [0, 0.1) is 0 Å². The molecule has 0 saturated heterocycles. The van der Waals surface area contributed by atoms with E-state index in [9.17, 15) is 9.59 Å². The Morgan fingerprint density at radius 3 is 2.27 bits per heavy atom. The van der Waals surface area contributed by atoms with Crippen molar-refractivity contribution in [2.24, 2.45) is 0 Å². The molecule has 0 aliphatic heterocycles. The summed E-state index contributed by atoms with van der Waals surface area (Å²) in [6.45, 7) is 5.32. The lowest BCUT2D eigenvalue weighted by molar-refractivity contribution is -0.181. The molecule has 0 spiro atoms. The molecule has 0 rings (SSSR count). The zero-order valence-electron chi connectivity index (χ0n) is 9.36. The zero-order valence-corrected chi connectivity index (χ0v) is 9.36. The first kappa shape index (κ1) is 13.9. The Balaban J connectivity index is 3.60. The smallest absolute Gasteiger partial charge is 0.308 e. The second-order valence-corrected chi connectivity index (χ2v) is 3.49. The van der Waals surface area contributed by atoms with Crippen molar-refractivity contribution in [3.63, 3.8) is 0 Å². The van der Waals surface area contributed by atoms with Gasteiger partial charge in [-0.15, -0.1) is 0 Å². The Bertz CT molecular complexity index is 212. The molecule has 1 N–H and O–H groups in total. The lowest BCUT2D eigenvalue weighted by Crippen LogP contribution is -2.21. The van der Waals surface area contributed by atoms with Crippen LogP contribution in [0.3, 0.4) is 0 Å². The maximum Gasteiger partial charge on any atom is 0.308 e. The predicted octanol–water partition coefficient (Wildman–Crippen LogP) is 1.56. The normalized spacial score (nSPS) is 12.5. The van der Waals surface area contributed by atoms with Crippen LogP contribution >= 0.6 is 0 Å². The third kappa shape index (κ3) is 9.21. The van der Waals surface area contributed by atoms with Crippen LogP contribution in [0.2, 0.25) is 0 Å². The minimum absolute atomic E-state index is 0.00757. The van der Waals surface area contributed by atoms with Crippen LogP contribution in [0.15, 0.2) is 0 Å². The zero-order chi connectivity index (χ0) is 11.8. The Labute approximate surface area is 89.4 Å². The molecule has 1 unspecified atom stereocenters. The molecule has 0 bridgehead atoms. The molecular formula is C10H18O5. The molecule has 15 heavy (non-hydrogen) atoms. The van der Waals surface area contributed by atoms with Crippen molar-refractivity contribution in [1.29, 1.82) is 0 Å². The highest BCUT2D eigenvalue weighted by Gasteiger charge is 2.11. The number of carbonyl (C=O) groups is 2. The average molecular weight is 218 g/mol. The van der Waals surface area contributed by atoms with E-state index in [1.165, 1.54) is 0 Å². The highest BCUT2D eigenvalue weighted by molar-refractivity contribution is 5.71. The molecule has 0 amide bonds. The van der Waals surface area contributed by atoms with Crippen molar-refractivity contribution in [3.05, 3.63) is 0 Å². The fourth-order valence-electron chi connectivity index (χ4n) is 1.04. The molecule has 5 heteroatoms. The molecule has 0 aromatic carbocycles. The minimum Gasteiger partial charge on any atom is -0.481 e. The van der Waals surface area contributed by atoms with Gasteiger partial charge >= 0.3 is 11.9 Å². The maximum atomic E-state index is 11.1. The summed E-state index contributed by atoms with van der Waals surface area (Å²) in [4.78, 5) is 21.3. The molecule has 0 fully saturated rings. The van der Waals surface area contributed by atoms with Crippen LogP contribution in [-0.2, 0) is 19.1 Å². The molecule has 0 aromatic heterocycles. The standard InChI is InChI=1S/C10H18O5/c1-7(2)14-8(3)15-10(13)6-4-5-9(11)12/h7-8H,4-6H2,1-3H3,(H,11,12). The van der Waals surface area contributed by atoms with E-state index in [1.54, 1.807) is 6.92 Å². The van der Waals surface area contributed by atoms with Crippen molar-refractivity contribution < 1.29 is 24.2 Å². The number of ether oxygens (including phenoxy) is 2. The monoisotopic (exact) mass is 218 g/mol. The van der Waals surface area contributed by atoms with Gasteiger partial charge in [0.05, 0.1) is 6.10 Å². The number of esters is 1. The number of hydrogen-bond acceptors (Lipinski definition) is 4. The quantitative estimate of drug-likeness (QED) is 0.518. The number of carboxylic acids is 1. The summed E-state index contributed by atoms with van der Waals surface area (Å²) in [6.07, 6.45) is -0.205. The molecule has 0 aliphatic rings. The topological polar surface area (TPSA) is 72.8 Å². The SMILES string of the molecule is CC(C)OC(C)OC(=O)CCCC(=O)O. The fraction of sp³-hybridized carbons (Fsp3) is 0.800. The second kappa shape index (κ2) is 7.23. The molecule has 88 valence electrons. The third-order valence-corrected chi connectivity index (χ3v) is 1.53. The number of carbonyl (C=O) groups excluding carboxylic acids is 1. The first-order valence-electron chi connectivity index (χ1n) is 4.98. The van der Waals surface area contributed by atoms with Crippen LogP contribution in [0.5, 0.6) is 0 Å². The molecule has 0 heterocycles. The number of rotatable bonds is 7. The lowest BCUT2D eigenvalue weighted by Gasteiger charge is -2.16. The van der Waals surface area contributed by atoms with E-state index in [0.717, 1.165) is 0 Å². The molecule has 5 nitrogen and oxygen atoms in total. The van der Waals surface area contributed by atoms with Gasteiger partial charge in [0.2, 0.25) is 0 Å². The minimum atomic E-state index is -0.908. The van der Waals surface area contributed by atoms with E-state index in [-0.39, 0.29) is 18.9 Å². The number of aliphatic carboxylic acids is 1. The van der Waals surface area contributed by atoms with Crippen LogP contribution < -0.4 is 0 Å². The van der Waals surface area contributed by atoms with Gasteiger partial charge in [-0.2, -0.15) is 0 Å². The molecule has 0 saturated carbocycles. The number of carboxylic acid groups (broad SMARTS) is 1. The summed E-state index contributed by atoms with van der Waals surface area (Å²) in [6, 6.07) is 0. The van der Waals surface area contributed by atoms with Gasteiger partial charge < -0.3 is 14.6 Å². The van der Waals surface area contributed by atoms with Gasteiger partial charge in [0.1, 0.15) is 0 Å².